The number of piperidine rings is 1. The predicted octanol–water partition coefficient (Wildman–Crippen LogP) is 4.45. The fraction of sp³-hybridized carbons (Fsp3) is 0.424. The lowest BCUT2D eigenvalue weighted by Gasteiger charge is -2.56. The number of aromatic nitrogens is 4. The van der Waals surface area contributed by atoms with E-state index in [1.54, 1.807) is 17.8 Å². The zero-order valence-electron chi connectivity index (χ0n) is 24.1. The number of pyridine rings is 3. The van der Waals surface area contributed by atoms with E-state index in [2.05, 4.69) is 50.2 Å². The van der Waals surface area contributed by atoms with E-state index in [0.29, 0.717) is 41.8 Å². The molecule has 0 amide bonds. The van der Waals surface area contributed by atoms with Crippen LogP contribution in [-0.4, -0.2) is 63.4 Å². The van der Waals surface area contributed by atoms with Crippen LogP contribution in [0.15, 0.2) is 55.1 Å². The molecule has 6 fully saturated rings. The SMILES string of the molecule is COc1ccc(CN2C3CC2CN(c2ccc(-c4cc(OCC56CC(C#N)C(C5)C6)cn5ncc(C#N)c45)cn2)C3)cn1. The third-order valence-corrected chi connectivity index (χ3v) is 10.1. The number of nitrogens with zero attached hydrogens (tertiary/aromatic N) is 8. The van der Waals surface area contributed by atoms with Crippen LogP contribution in [0.25, 0.3) is 16.6 Å². The molecule has 3 aliphatic heterocycles. The van der Waals surface area contributed by atoms with E-state index >= 15 is 0 Å². The molecule has 4 aromatic heterocycles. The largest absolute Gasteiger partial charge is 0.491 e. The van der Waals surface area contributed by atoms with Crippen LogP contribution < -0.4 is 14.4 Å². The Morgan fingerprint density at radius 1 is 1.02 bits per heavy atom. The third-order valence-electron chi connectivity index (χ3n) is 10.1. The predicted molar refractivity (Wildman–Crippen MR) is 158 cm³/mol. The Balaban J connectivity index is 0.987. The highest BCUT2D eigenvalue weighted by Crippen LogP contribution is 2.61. The number of nitriles is 2. The summed E-state index contributed by atoms with van der Waals surface area (Å²) in [5.74, 6) is 3.00. The lowest BCUT2D eigenvalue weighted by atomic mass is 9.70. The van der Waals surface area contributed by atoms with Crippen LogP contribution >= 0.6 is 0 Å². The highest BCUT2D eigenvalue weighted by atomic mass is 16.5. The van der Waals surface area contributed by atoms with E-state index in [9.17, 15) is 10.5 Å². The summed E-state index contributed by atoms with van der Waals surface area (Å²) in [5.41, 5.74) is 4.37. The average Bonchev–Trinajstić information content (AvgIpc) is 3.74. The lowest BCUT2D eigenvalue weighted by molar-refractivity contribution is -0.00876. The fourth-order valence-electron chi connectivity index (χ4n) is 7.88. The van der Waals surface area contributed by atoms with E-state index in [-0.39, 0.29) is 11.3 Å². The minimum atomic E-state index is 0.113. The molecule has 3 saturated heterocycles. The summed E-state index contributed by atoms with van der Waals surface area (Å²) in [6.07, 6.45) is 11.5. The van der Waals surface area contributed by atoms with Crippen LogP contribution in [0.1, 0.15) is 36.8 Å². The van der Waals surface area contributed by atoms with Crippen LogP contribution in [-0.2, 0) is 6.54 Å². The molecule has 0 spiro atoms. The smallest absolute Gasteiger partial charge is 0.212 e. The maximum atomic E-state index is 9.78. The van der Waals surface area contributed by atoms with Crippen molar-refractivity contribution in [3.63, 3.8) is 0 Å². The van der Waals surface area contributed by atoms with Crippen molar-refractivity contribution in [1.82, 2.24) is 24.5 Å². The molecule has 10 rings (SSSR count). The minimum absolute atomic E-state index is 0.113. The second kappa shape index (κ2) is 9.96. The van der Waals surface area contributed by atoms with Crippen molar-refractivity contribution in [3.8, 4) is 34.9 Å². The van der Waals surface area contributed by atoms with Gasteiger partial charge >= 0.3 is 0 Å². The first-order chi connectivity index (χ1) is 21.0. The van der Waals surface area contributed by atoms with E-state index in [1.165, 1.54) is 12.0 Å². The molecule has 3 unspecified atom stereocenters. The molecule has 3 saturated carbocycles. The van der Waals surface area contributed by atoms with E-state index in [4.69, 9.17) is 14.5 Å². The molecule has 0 aromatic carbocycles. The Kier molecular flexibility index (Phi) is 6.02. The van der Waals surface area contributed by atoms with Crippen molar-refractivity contribution in [2.24, 2.45) is 17.3 Å². The quantitative estimate of drug-likeness (QED) is 0.302. The van der Waals surface area contributed by atoms with Crippen molar-refractivity contribution in [2.45, 2.75) is 44.3 Å². The second-order valence-electron chi connectivity index (χ2n) is 12.7. The molecule has 10 nitrogen and oxygen atoms in total. The molecule has 7 heterocycles. The van der Waals surface area contributed by atoms with Crippen LogP contribution in [0.2, 0.25) is 0 Å². The standard InChI is InChI=1S/C33H32N8O2/c1-42-31-5-2-21(13-37-31)16-40-26-6-27(40)18-39(17-26)30-4-3-22(14-36-30)29-7-28(19-41-32(29)25(12-35)15-38-41)43-20-33-8-23(9-33)24(10-33)11-34/h2-5,7,13-15,19,23-24,26-27H,6,8-10,16-18,20H2,1H3. The topological polar surface area (TPSA) is 116 Å². The summed E-state index contributed by atoms with van der Waals surface area (Å²) in [5, 5.41) is 23.7. The van der Waals surface area contributed by atoms with Gasteiger partial charge in [-0.2, -0.15) is 15.6 Å². The lowest BCUT2D eigenvalue weighted by Crippen LogP contribution is -2.68. The Morgan fingerprint density at radius 2 is 1.88 bits per heavy atom. The molecular formula is C33H32N8O2. The number of piperazine rings is 1. The number of hydrogen-bond donors (Lipinski definition) is 0. The highest BCUT2D eigenvalue weighted by Gasteiger charge is 2.56. The Morgan fingerprint density at radius 3 is 2.56 bits per heavy atom. The van der Waals surface area contributed by atoms with Gasteiger partial charge in [0.1, 0.15) is 17.6 Å². The van der Waals surface area contributed by atoms with Gasteiger partial charge in [0.25, 0.3) is 0 Å². The summed E-state index contributed by atoms with van der Waals surface area (Å²) in [6.45, 7) is 3.38. The second-order valence-corrected chi connectivity index (χ2v) is 12.7. The monoisotopic (exact) mass is 572 g/mol. The number of ether oxygens (including phenoxy) is 2. The summed E-state index contributed by atoms with van der Waals surface area (Å²) in [4.78, 5) is 14.2. The minimum Gasteiger partial charge on any atom is -0.491 e. The van der Waals surface area contributed by atoms with Gasteiger partial charge in [-0.05, 0) is 55.4 Å². The van der Waals surface area contributed by atoms with Crippen molar-refractivity contribution in [1.29, 1.82) is 10.5 Å². The number of fused-ring (bicyclic) bond motifs is 4. The van der Waals surface area contributed by atoms with E-state index in [0.717, 1.165) is 61.4 Å². The normalized spacial score (nSPS) is 27.2. The molecule has 43 heavy (non-hydrogen) atoms. The molecule has 3 atom stereocenters. The van der Waals surface area contributed by atoms with Gasteiger partial charge in [0.15, 0.2) is 0 Å². The summed E-state index contributed by atoms with van der Waals surface area (Å²) >= 11 is 0. The van der Waals surface area contributed by atoms with Gasteiger partial charge in [0.2, 0.25) is 5.88 Å². The van der Waals surface area contributed by atoms with Gasteiger partial charge in [-0.25, -0.2) is 14.5 Å². The fourth-order valence-corrected chi connectivity index (χ4v) is 7.88. The Bertz CT molecular complexity index is 1750. The third kappa shape index (κ3) is 4.36. The maximum Gasteiger partial charge on any atom is 0.212 e. The number of methoxy groups -OCH3 is 1. The molecule has 10 heteroatoms. The summed E-state index contributed by atoms with van der Waals surface area (Å²) in [7, 11) is 1.64. The summed E-state index contributed by atoms with van der Waals surface area (Å²) in [6, 6.07) is 15.9. The van der Waals surface area contributed by atoms with Crippen molar-refractivity contribution in [2.75, 3.05) is 31.7 Å². The van der Waals surface area contributed by atoms with Crippen LogP contribution in [0.5, 0.6) is 11.6 Å². The van der Waals surface area contributed by atoms with Crippen molar-refractivity contribution < 1.29 is 9.47 Å². The average molecular weight is 573 g/mol. The molecule has 4 aromatic rings. The van der Waals surface area contributed by atoms with Crippen LogP contribution in [0.3, 0.4) is 0 Å². The van der Waals surface area contributed by atoms with Gasteiger partial charge < -0.3 is 14.4 Å². The number of hydrogen-bond acceptors (Lipinski definition) is 9. The van der Waals surface area contributed by atoms with Crippen molar-refractivity contribution in [3.05, 3.63) is 66.2 Å². The molecule has 216 valence electrons. The first kappa shape index (κ1) is 26.0. The first-order valence-electron chi connectivity index (χ1n) is 14.9. The first-order valence-corrected chi connectivity index (χ1v) is 14.9. The van der Waals surface area contributed by atoms with Gasteiger partial charge in [0.05, 0.1) is 43.3 Å². The van der Waals surface area contributed by atoms with E-state index in [1.807, 2.05) is 30.7 Å². The van der Waals surface area contributed by atoms with Gasteiger partial charge in [0, 0.05) is 72.6 Å². The van der Waals surface area contributed by atoms with Crippen LogP contribution in [0, 0.1) is 39.9 Å². The Labute approximate surface area is 250 Å². The molecular weight excluding hydrogens is 540 g/mol. The number of rotatable bonds is 8. The molecule has 4 bridgehead atoms. The number of anilines is 1. The molecule has 6 aliphatic rings. The van der Waals surface area contributed by atoms with Gasteiger partial charge in [-0.3, -0.25) is 4.90 Å². The van der Waals surface area contributed by atoms with Crippen molar-refractivity contribution >= 4 is 11.3 Å². The zero-order chi connectivity index (χ0) is 29.1. The van der Waals surface area contributed by atoms with Gasteiger partial charge in [-0.1, -0.05) is 6.07 Å². The maximum absolute atomic E-state index is 9.78. The van der Waals surface area contributed by atoms with Gasteiger partial charge in [-0.15, -0.1) is 0 Å². The molecule has 3 aliphatic carbocycles. The highest BCUT2D eigenvalue weighted by molar-refractivity contribution is 5.85. The zero-order valence-corrected chi connectivity index (χ0v) is 24.1. The van der Waals surface area contributed by atoms with E-state index < -0.39 is 0 Å². The van der Waals surface area contributed by atoms with Crippen LogP contribution in [0.4, 0.5) is 5.82 Å². The Hall–Kier alpha value is -4.67. The summed E-state index contributed by atoms with van der Waals surface area (Å²) < 4.78 is 13.3. The molecule has 0 N–H and O–H groups in total. The molecule has 0 radical (unpaired) electrons.